The smallest absolute Gasteiger partial charge is 0.178 e. The Bertz CT molecular complexity index is 1330. The molecule has 6 nitrogen and oxygen atoms in total. The van der Waals surface area contributed by atoms with E-state index >= 15 is 0 Å². The molecule has 4 rings (SSSR count). The lowest BCUT2D eigenvalue weighted by Gasteiger charge is -2.05. The van der Waals surface area contributed by atoms with Gasteiger partial charge in [0, 0.05) is 30.6 Å². The van der Waals surface area contributed by atoms with E-state index in [0.717, 1.165) is 27.7 Å². The normalized spacial score (nSPS) is 11.9. The number of hydrogen-bond donors (Lipinski definition) is 1. The number of aromatic amines is 1. The number of carbonyl (C=O) groups is 1. The van der Waals surface area contributed by atoms with Crippen LogP contribution in [0.1, 0.15) is 23.2 Å². The summed E-state index contributed by atoms with van der Waals surface area (Å²) in [5, 5.41) is 8.21. The van der Waals surface area contributed by atoms with Gasteiger partial charge in [-0.2, -0.15) is 5.10 Å². The van der Waals surface area contributed by atoms with Crippen LogP contribution in [0.3, 0.4) is 0 Å². The number of benzene rings is 2. The van der Waals surface area contributed by atoms with Crippen molar-refractivity contribution in [1.29, 1.82) is 0 Å². The van der Waals surface area contributed by atoms with Crippen molar-refractivity contribution in [3.63, 3.8) is 0 Å². The van der Waals surface area contributed by atoms with E-state index in [0.29, 0.717) is 0 Å². The predicted molar refractivity (Wildman–Crippen MR) is 121 cm³/mol. The van der Waals surface area contributed by atoms with Crippen molar-refractivity contribution in [2.24, 2.45) is 0 Å². The number of Topliss-reactive ketones (excluding diaryl/α,β-unsaturated/α-hetero) is 1. The molecule has 0 fully saturated rings. The molecular formula is C24H21N3O3S. The Labute approximate surface area is 180 Å². The van der Waals surface area contributed by atoms with E-state index in [9.17, 15) is 13.2 Å². The molecular weight excluding hydrogens is 410 g/mol. The molecule has 0 bridgehead atoms. The van der Waals surface area contributed by atoms with Gasteiger partial charge in [-0.1, -0.05) is 36.4 Å². The summed E-state index contributed by atoms with van der Waals surface area (Å²) in [6.45, 7) is 0. The molecule has 0 saturated heterocycles. The maximum absolute atomic E-state index is 12.5. The highest BCUT2D eigenvalue weighted by molar-refractivity contribution is 7.91. The second-order valence-electron chi connectivity index (χ2n) is 7.21. The zero-order chi connectivity index (χ0) is 21.7. The Morgan fingerprint density at radius 2 is 1.84 bits per heavy atom. The lowest BCUT2D eigenvalue weighted by Crippen LogP contribution is -2.13. The monoisotopic (exact) mass is 431 g/mol. The fraction of sp³-hybridized carbons (Fsp3) is 0.125. The summed E-state index contributed by atoms with van der Waals surface area (Å²) in [6.07, 6.45) is 7.50. The number of nitrogens with zero attached hydrogens (tertiary/aromatic N) is 2. The Kier molecular flexibility index (Phi) is 6.04. The molecule has 4 aromatic rings. The number of H-pyrrole nitrogens is 1. The van der Waals surface area contributed by atoms with Gasteiger partial charge in [-0.05, 0) is 47.5 Å². The van der Waals surface area contributed by atoms with Crippen LogP contribution in [0.2, 0.25) is 0 Å². The Morgan fingerprint density at radius 1 is 1.00 bits per heavy atom. The quantitative estimate of drug-likeness (QED) is 0.453. The highest BCUT2D eigenvalue weighted by Gasteiger charge is 2.16. The van der Waals surface area contributed by atoms with Gasteiger partial charge in [0.2, 0.25) is 0 Å². The Morgan fingerprint density at radius 3 is 2.61 bits per heavy atom. The Hall–Kier alpha value is -3.58. The first-order valence-electron chi connectivity index (χ1n) is 9.86. The van der Waals surface area contributed by atoms with E-state index in [2.05, 4.69) is 15.2 Å². The molecule has 0 radical (unpaired) electrons. The number of aromatic nitrogens is 3. The van der Waals surface area contributed by atoms with Crippen LogP contribution in [0.15, 0.2) is 78.0 Å². The number of ketones is 1. The van der Waals surface area contributed by atoms with Crippen molar-refractivity contribution in [2.75, 3.05) is 5.75 Å². The number of pyridine rings is 1. The number of hydrogen-bond acceptors (Lipinski definition) is 5. The molecule has 156 valence electrons. The van der Waals surface area contributed by atoms with Crippen LogP contribution in [0.25, 0.3) is 23.1 Å². The van der Waals surface area contributed by atoms with Gasteiger partial charge in [0.25, 0.3) is 0 Å². The molecule has 2 heterocycles. The van der Waals surface area contributed by atoms with E-state index in [1.165, 1.54) is 0 Å². The van der Waals surface area contributed by atoms with Gasteiger partial charge in [0.15, 0.2) is 9.84 Å². The third-order valence-corrected chi connectivity index (χ3v) is 6.66. The zero-order valence-electron chi connectivity index (χ0n) is 16.7. The second-order valence-corrected chi connectivity index (χ2v) is 9.32. The summed E-state index contributed by atoms with van der Waals surface area (Å²) in [7, 11) is -3.46. The van der Waals surface area contributed by atoms with Gasteiger partial charge in [0.05, 0.1) is 21.9 Å². The van der Waals surface area contributed by atoms with Gasteiger partial charge in [0.1, 0.15) is 5.78 Å². The first-order valence-corrected chi connectivity index (χ1v) is 11.5. The third-order valence-electron chi connectivity index (χ3n) is 4.93. The molecule has 0 aliphatic heterocycles. The van der Waals surface area contributed by atoms with Crippen LogP contribution in [0, 0.1) is 0 Å². The predicted octanol–water partition coefficient (Wildman–Crippen LogP) is 4.10. The summed E-state index contributed by atoms with van der Waals surface area (Å²) in [4.78, 5) is 16.8. The number of rotatable bonds is 8. The molecule has 0 spiro atoms. The molecule has 0 atom stereocenters. The van der Waals surface area contributed by atoms with Crippen molar-refractivity contribution in [2.45, 2.75) is 17.7 Å². The van der Waals surface area contributed by atoms with E-state index in [1.807, 2.05) is 42.5 Å². The maximum Gasteiger partial charge on any atom is 0.178 e. The number of sulfone groups is 1. The summed E-state index contributed by atoms with van der Waals surface area (Å²) < 4.78 is 24.8. The van der Waals surface area contributed by atoms with Crippen LogP contribution in [-0.4, -0.2) is 35.1 Å². The lowest BCUT2D eigenvalue weighted by atomic mass is 10.0. The summed E-state index contributed by atoms with van der Waals surface area (Å²) in [6, 6.07) is 17.7. The molecule has 31 heavy (non-hydrogen) atoms. The van der Waals surface area contributed by atoms with Crippen LogP contribution in [0.4, 0.5) is 0 Å². The highest BCUT2D eigenvalue weighted by atomic mass is 32.2. The summed E-state index contributed by atoms with van der Waals surface area (Å²) in [5.74, 6) is -0.307. The van der Waals surface area contributed by atoms with Crippen LogP contribution in [0.5, 0.6) is 0 Å². The third kappa shape index (κ3) is 5.13. The van der Waals surface area contributed by atoms with E-state index < -0.39 is 9.84 Å². The molecule has 2 aromatic heterocycles. The second kappa shape index (κ2) is 9.06. The van der Waals surface area contributed by atoms with E-state index in [-0.39, 0.29) is 29.3 Å². The fourth-order valence-corrected chi connectivity index (χ4v) is 4.58. The largest absolute Gasteiger partial charge is 0.299 e. The standard InChI is InChI=1S/C24H21N3O3S/c28-20(12-14-31(29,30)21-6-2-1-3-7-21)15-19-9-11-24-22(16-19)23(26-27-24)10-8-18-5-4-13-25-17-18/h1-11,13,16-17H,12,14-15H2,(H,26,27)/b10-8+. The number of fused-ring (bicyclic) bond motifs is 1. The van der Waals surface area contributed by atoms with Crippen molar-refractivity contribution < 1.29 is 13.2 Å². The van der Waals surface area contributed by atoms with Crippen molar-refractivity contribution in [1.82, 2.24) is 15.2 Å². The van der Waals surface area contributed by atoms with Crippen molar-refractivity contribution in [3.8, 4) is 0 Å². The van der Waals surface area contributed by atoms with Gasteiger partial charge in [-0.3, -0.25) is 14.9 Å². The zero-order valence-corrected chi connectivity index (χ0v) is 17.5. The van der Waals surface area contributed by atoms with Gasteiger partial charge in [-0.25, -0.2) is 8.42 Å². The topological polar surface area (TPSA) is 92.8 Å². The molecule has 1 N–H and O–H groups in total. The minimum absolute atomic E-state index is 0.0194. The molecule has 7 heteroatoms. The van der Waals surface area contributed by atoms with Crippen molar-refractivity contribution in [3.05, 3.63) is 89.9 Å². The molecule has 0 amide bonds. The number of carbonyl (C=O) groups excluding carboxylic acids is 1. The van der Waals surface area contributed by atoms with Crippen molar-refractivity contribution >= 4 is 38.7 Å². The van der Waals surface area contributed by atoms with Crippen LogP contribution in [-0.2, 0) is 21.1 Å². The first-order chi connectivity index (χ1) is 15.0. The maximum atomic E-state index is 12.5. The van der Waals surface area contributed by atoms with Gasteiger partial charge in [-0.15, -0.1) is 0 Å². The fourth-order valence-electron chi connectivity index (χ4n) is 3.28. The number of nitrogens with one attached hydrogen (secondary N) is 1. The Balaban J connectivity index is 1.45. The lowest BCUT2D eigenvalue weighted by molar-refractivity contribution is -0.118. The molecule has 2 aromatic carbocycles. The molecule has 0 unspecified atom stereocenters. The molecule has 0 aliphatic rings. The van der Waals surface area contributed by atoms with Crippen LogP contribution < -0.4 is 0 Å². The first kappa shape index (κ1) is 20.7. The minimum atomic E-state index is -3.46. The highest BCUT2D eigenvalue weighted by Crippen LogP contribution is 2.21. The van der Waals surface area contributed by atoms with Gasteiger partial charge < -0.3 is 0 Å². The average molecular weight is 432 g/mol. The minimum Gasteiger partial charge on any atom is -0.299 e. The van der Waals surface area contributed by atoms with Crippen LogP contribution >= 0.6 is 0 Å². The van der Waals surface area contributed by atoms with Gasteiger partial charge >= 0.3 is 0 Å². The van der Waals surface area contributed by atoms with E-state index in [1.54, 1.807) is 42.7 Å². The molecule has 0 saturated carbocycles. The summed E-state index contributed by atoms with van der Waals surface area (Å²) in [5.41, 5.74) is 3.43. The SMILES string of the molecule is O=C(CCS(=O)(=O)c1ccccc1)Cc1ccc2n[nH]c(/C=C/c3cccnc3)c2c1. The average Bonchev–Trinajstić information content (AvgIpc) is 3.20. The molecule has 0 aliphatic carbocycles. The van der Waals surface area contributed by atoms with E-state index in [4.69, 9.17) is 0 Å². The summed E-state index contributed by atoms with van der Waals surface area (Å²) >= 11 is 0.